The first-order valence-electron chi connectivity index (χ1n) is 12.1. The fourth-order valence-electron chi connectivity index (χ4n) is 4.47. The van der Waals surface area contributed by atoms with Crippen molar-refractivity contribution in [1.29, 1.82) is 0 Å². The van der Waals surface area contributed by atoms with Crippen molar-refractivity contribution < 1.29 is 17.9 Å². The lowest BCUT2D eigenvalue weighted by atomic mass is 10.1. The van der Waals surface area contributed by atoms with Gasteiger partial charge in [0.1, 0.15) is 0 Å². The van der Waals surface area contributed by atoms with Gasteiger partial charge in [0, 0.05) is 31.9 Å². The number of rotatable bonds is 8. The van der Waals surface area contributed by atoms with Gasteiger partial charge in [-0.05, 0) is 49.1 Å². The Labute approximate surface area is 202 Å². The molecule has 9 heteroatoms. The number of piperidine rings is 1. The van der Waals surface area contributed by atoms with Crippen molar-refractivity contribution in [3.63, 3.8) is 0 Å². The van der Waals surface area contributed by atoms with Gasteiger partial charge in [-0.1, -0.05) is 31.5 Å². The van der Waals surface area contributed by atoms with Crippen molar-refractivity contribution >= 4 is 33.0 Å². The zero-order valence-electron chi connectivity index (χ0n) is 19.8. The molecule has 2 heterocycles. The first-order valence-corrected chi connectivity index (χ1v) is 13.5. The van der Waals surface area contributed by atoms with E-state index in [2.05, 4.69) is 15.5 Å². The molecule has 184 valence electrons. The zero-order valence-corrected chi connectivity index (χ0v) is 20.6. The summed E-state index contributed by atoms with van der Waals surface area (Å²) >= 11 is 0. The highest BCUT2D eigenvalue weighted by Gasteiger charge is 2.27. The monoisotopic (exact) mass is 486 g/mol. The van der Waals surface area contributed by atoms with Gasteiger partial charge in [0.15, 0.2) is 0 Å². The van der Waals surface area contributed by atoms with E-state index in [0.29, 0.717) is 45.1 Å². The number of amides is 1. The summed E-state index contributed by atoms with van der Waals surface area (Å²) in [4.78, 5) is 15.2. The molecule has 2 aromatic rings. The summed E-state index contributed by atoms with van der Waals surface area (Å²) in [5.74, 6) is -0.182. The van der Waals surface area contributed by atoms with Crippen molar-refractivity contribution in [1.82, 2.24) is 4.31 Å². The van der Waals surface area contributed by atoms with Crippen molar-refractivity contribution in [2.24, 2.45) is 0 Å². The number of nitrogens with one attached hydrogen (secondary N) is 2. The van der Waals surface area contributed by atoms with Crippen LogP contribution in [0.15, 0.2) is 47.4 Å². The number of carbonyl (C=O) groups excluding carboxylic acids is 1. The highest BCUT2D eigenvalue weighted by atomic mass is 32.2. The molecule has 0 bridgehead atoms. The predicted molar refractivity (Wildman–Crippen MR) is 135 cm³/mol. The number of nitrogens with zero attached hydrogens (tertiary/aromatic N) is 2. The highest BCUT2D eigenvalue weighted by molar-refractivity contribution is 7.89. The summed E-state index contributed by atoms with van der Waals surface area (Å²) in [5, 5.41) is 6.17. The van der Waals surface area contributed by atoms with Crippen LogP contribution in [0.5, 0.6) is 0 Å². The number of aryl methyl sites for hydroxylation is 1. The minimum atomic E-state index is -3.58. The topological polar surface area (TPSA) is 91.0 Å². The molecule has 2 aliphatic heterocycles. The van der Waals surface area contributed by atoms with Gasteiger partial charge in [-0.3, -0.25) is 4.79 Å². The van der Waals surface area contributed by atoms with Gasteiger partial charge in [0.2, 0.25) is 15.9 Å². The van der Waals surface area contributed by atoms with E-state index >= 15 is 0 Å². The third-order valence-corrected chi connectivity index (χ3v) is 8.28. The molecular weight excluding hydrogens is 452 g/mol. The summed E-state index contributed by atoms with van der Waals surface area (Å²) in [6.07, 6.45) is 3.65. The SMILES string of the molecule is CCc1ccccc1NC(=O)CNc1cc(S(=O)(=O)N2CCCCC2)ccc1N1CCOCC1. The minimum absolute atomic E-state index is 0.0304. The van der Waals surface area contributed by atoms with Gasteiger partial charge < -0.3 is 20.3 Å². The Hall–Kier alpha value is -2.62. The summed E-state index contributed by atoms with van der Waals surface area (Å²) in [6, 6.07) is 12.9. The lowest BCUT2D eigenvalue weighted by Crippen LogP contribution is -2.37. The van der Waals surface area contributed by atoms with E-state index in [1.54, 1.807) is 16.4 Å². The maximum atomic E-state index is 13.3. The van der Waals surface area contributed by atoms with Crippen LogP contribution in [0.4, 0.5) is 17.1 Å². The number of benzene rings is 2. The van der Waals surface area contributed by atoms with Crippen LogP contribution in [0.2, 0.25) is 0 Å². The molecule has 34 heavy (non-hydrogen) atoms. The second-order valence-electron chi connectivity index (χ2n) is 8.66. The second-order valence-corrected chi connectivity index (χ2v) is 10.6. The molecule has 2 aromatic carbocycles. The zero-order chi connectivity index (χ0) is 24.0. The van der Waals surface area contributed by atoms with Crippen molar-refractivity contribution in [3.8, 4) is 0 Å². The van der Waals surface area contributed by atoms with Crippen molar-refractivity contribution in [2.45, 2.75) is 37.5 Å². The Morgan fingerprint density at radius 3 is 2.44 bits per heavy atom. The number of para-hydroxylation sites is 1. The van der Waals surface area contributed by atoms with Crippen LogP contribution in [0.1, 0.15) is 31.7 Å². The number of sulfonamides is 1. The maximum absolute atomic E-state index is 13.3. The number of hydrogen-bond acceptors (Lipinski definition) is 6. The molecule has 2 aliphatic rings. The molecule has 2 fully saturated rings. The van der Waals surface area contributed by atoms with E-state index in [-0.39, 0.29) is 17.3 Å². The molecular formula is C25H34N4O4S. The molecule has 8 nitrogen and oxygen atoms in total. The Morgan fingerprint density at radius 2 is 1.71 bits per heavy atom. The van der Waals surface area contributed by atoms with Crippen LogP contribution in [-0.2, 0) is 26.0 Å². The first kappa shape index (κ1) is 24.5. The molecule has 2 saturated heterocycles. The molecule has 0 aromatic heterocycles. The van der Waals surface area contributed by atoms with Gasteiger partial charge in [0.25, 0.3) is 0 Å². The van der Waals surface area contributed by atoms with E-state index in [1.807, 2.05) is 37.3 Å². The van der Waals surface area contributed by atoms with Crippen LogP contribution in [-0.4, -0.2) is 64.6 Å². The van der Waals surface area contributed by atoms with Gasteiger partial charge >= 0.3 is 0 Å². The lowest BCUT2D eigenvalue weighted by Gasteiger charge is -2.31. The van der Waals surface area contributed by atoms with Gasteiger partial charge in [-0.25, -0.2) is 8.42 Å². The average Bonchev–Trinajstić information content (AvgIpc) is 2.88. The lowest BCUT2D eigenvalue weighted by molar-refractivity contribution is -0.114. The Bertz CT molecular complexity index is 1090. The number of morpholine rings is 1. The standard InChI is InChI=1S/C25H34N4O4S/c1-2-20-8-4-5-9-22(20)27-25(30)19-26-23-18-21(34(31,32)29-12-6-3-7-13-29)10-11-24(23)28-14-16-33-17-15-28/h4-5,8-11,18,26H,2-3,6-7,12-17,19H2,1H3,(H,27,30). The Balaban J connectivity index is 1.55. The van der Waals surface area contributed by atoms with Crippen LogP contribution >= 0.6 is 0 Å². The molecule has 0 atom stereocenters. The first-order chi connectivity index (χ1) is 16.5. The Morgan fingerprint density at radius 1 is 0.971 bits per heavy atom. The quantitative estimate of drug-likeness (QED) is 0.595. The molecule has 0 saturated carbocycles. The maximum Gasteiger partial charge on any atom is 0.243 e. The summed E-state index contributed by atoms with van der Waals surface area (Å²) in [5.41, 5.74) is 3.38. The molecule has 0 unspecified atom stereocenters. The number of anilines is 3. The average molecular weight is 487 g/mol. The van der Waals surface area contributed by atoms with Crippen LogP contribution in [0.25, 0.3) is 0 Å². The van der Waals surface area contributed by atoms with Crippen molar-refractivity contribution in [3.05, 3.63) is 48.0 Å². The highest BCUT2D eigenvalue weighted by Crippen LogP contribution is 2.31. The minimum Gasteiger partial charge on any atom is -0.378 e. The van der Waals surface area contributed by atoms with Gasteiger partial charge in [-0.2, -0.15) is 4.31 Å². The van der Waals surface area contributed by atoms with Crippen LogP contribution in [0.3, 0.4) is 0 Å². The van der Waals surface area contributed by atoms with Crippen LogP contribution in [0, 0.1) is 0 Å². The molecule has 4 rings (SSSR count). The van der Waals surface area contributed by atoms with Gasteiger partial charge in [-0.15, -0.1) is 0 Å². The van der Waals surface area contributed by atoms with Crippen molar-refractivity contribution in [2.75, 3.05) is 61.5 Å². The smallest absolute Gasteiger partial charge is 0.243 e. The molecule has 0 aliphatic carbocycles. The second kappa shape index (κ2) is 11.2. The summed E-state index contributed by atoms with van der Waals surface area (Å²) in [7, 11) is -3.58. The van der Waals surface area contributed by atoms with Gasteiger partial charge in [0.05, 0.1) is 36.0 Å². The number of ether oxygens (including phenoxy) is 1. The van der Waals surface area contributed by atoms with E-state index in [1.165, 1.54) is 0 Å². The Kier molecular flexibility index (Phi) is 8.07. The van der Waals surface area contributed by atoms with E-state index in [4.69, 9.17) is 4.74 Å². The fraction of sp³-hybridized carbons (Fsp3) is 0.480. The molecule has 1 amide bonds. The third kappa shape index (κ3) is 5.71. The number of carbonyl (C=O) groups is 1. The number of hydrogen-bond donors (Lipinski definition) is 2. The predicted octanol–water partition coefficient (Wildman–Crippen LogP) is 3.31. The molecule has 0 radical (unpaired) electrons. The normalized spacial score (nSPS) is 17.4. The van der Waals surface area contributed by atoms with E-state index in [0.717, 1.165) is 42.6 Å². The summed E-state index contributed by atoms with van der Waals surface area (Å²) in [6.45, 7) is 5.83. The van der Waals surface area contributed by atoms with E-state index in [9.17, 15) is 13.2 Å². The van der Waals surface area contributed by atoms with E-state index < -0.39 is 10.0 Å². The molecule has 2 N–H and O–H groups in total. The molecule has 0 spiro atoms. The van der Waals surface area contributed by atoms with Crippen LogP contribution < -0.4 is 15.5 Å². The largest absolute Gasteiger partial charge is 0.378 e. The summed E-state index contributed by atoms with van der Waals surface area (Å²) < 4.78 is 33.6. The fourth-order valence-corrected chi connectivity index (χ4v) is 6.02. The third-order valence-electron chi connectivity index (χ3n) is 6.38.